The van der Waals surface area contributed by atoms with Crippen molar-refractivity contribution in [2.45, 2.75) is 19.4 Å². The van der Waals surface area contributed by atoms with Gasteiger partial charge in [-0.2, -0.15) is 0 Å². The zero-order valence-electron chi connectivity index (χ0n) is 8.66. The molecule has 0 saturated carbocycles. The highest BCUT2D eigenvalue weighted by atomic mass is 79.9. The Hall–Kier alpha value is -0.870. The standard InChI is InChI=1S/C11H13BrO3/c1-3-9(13)11(14)7-4-5-10(15-2)8(12)6-7/h4-6,11,14H,3H2,1-2H3. The van der Waals surface area contributed by atoms with Crippen LogP contribution in [-0.2, 0) is 4.79 Å². The summed E-state index contributed by atoms with van der Waals surface area (Å²) in [6.07, 6.45) is -0.720. The minimum absolute atomic E-state index is 0.188. The van der Waals surface area contributed by atoms with Gasteiger partial charge in [-0.1, -0.05) is 13.0 Å². The van der Waals surface area contributed by atoms with Gasteiger partial charge in [0, 0.05) is 6.42 Å². The van der Waals surface area contributed by atoms with Crippen LogP contribution in [0.4, 0.5) is 0 Å². The summed E-state index contributed by atoms with van der Waals surface area (Å²) in [6.45, 7) is 1.73. The van der Waals surface area contributed by atoms with Crippen LogP contribution in [0.1, 0.15) is 25.0 Å². The lowest BCUT2D eigenvalue weighted by Crippen LogP contribution is -2.10. The number of carbonyl (C=O) groups is 1. The van der Waals surface area contributed by atoms with Crippen molar-refractivity contribution in [2.75, 3.05) is 7.11 Å². The molecule has 0 radical (unpaired) electrons. The molecule has 0 fully saturated rings. The number of benzene rings is 1. The molecule has 0 spiro atoms. The number of hydrogen-bond donors (Lipinski definition) is 1. The molecule has 82 valence electrons. The van der Waals surface area contributed by atoms with E-state index >= 15 is 0 Å². The monoisotopic (exact) mass is 272 g/mol. The summed E-state index contributed by atoms with van der Waals surface area (Å²) >= 11 is 3.30. The number of methoxy groups -OCH3 is 1. The zero-order chi connectivity index (χ0) is 11.4. The first-order valence-corrected chi connectivity index (χ1v) is 5.43. The van der Waals surface area contributed by atoms with E-state index < -0.39 is 6.10 Å². The molecule has 0 heterocycles. The average Bonchev–Trinajstić information content (AvgIpc) is 2.26. The number of ketones is 1. The third-order valence-electron chi connectivity index (χ3n) is 2.15. The Morgan fingerprint density at radius 3 is 2.73 bits per heavy atom. The topological polar surface area (TPSA) is 46.5 Å². The Kier molecular flexibility index (Phi) is 4.29. The van der Waals surface area contributed by atoms with Crippen molar-refractivity contribution in [2.24, 2.45) is 0 Å². The molecular formula is C11H13BrO3. The second-order valence-corrected chi connectivity index (χ2v) is 3.97. The fourth-order valence-electron chi connectivity index (χ4n) is 1.23. The maximum Gasteiger partial charge on any atom is 0.165 e. The molecule has 1 aromatic rings. The lowest BCUT2D eigenvalue weighted by molar-refractivity contribution is -0.127. The van der Waals surface area contributed by atoms with Crippen LogP contribution >= 0.6 is 15.9 Å². The van der Waals surface area contributed by atoms with Gasteiger partial charge < -0.3 is 9.84 Å². The van der Waals surface area contributed by atoms with E-state index in [2.05, 4.69) is 15.9 Å². The van der Waals surface area contributed by atoms with Crippen molar-refractivity contribution in [1.82, 2.24) is 0 Å². The van der Waals surface area contributed by atoms with Gasteiger partial charge in [-0.15, -0.1) is 0 Å². The quantitative estimate of drug-likeness (QED) is 0.916. The van der Waals surface area contributed by atoms with E-state index in [4.69, 9.17) is 4.74 Å². The second kappa shape index (κ2) is 5.28. The first-order chi connectivity index (χ1) is 7.10. The predicted molar refractivity (Wildman–Crippen MR) is 61.0 cm³/mol. The van der Waals surface area contributed by atoms with E-state index in [-0.39, 0.29) is 5.78 Å². The van der Waals surface area contributed by atoms with Crippen LogP contribution in [0.15, 0.2) is 22.7 Å². The SMILES string of the molecule is CCC(=O)C(O)c1ccc(OC)c(Br)c1. The normalized spacial score (nSPS) is 12.3. The highest BCUT2D eigenvalue weighted by Gasteiger charge is 2.16. The summed E-state index contributed by atoms with van der Waals surface area (Å²) in [5.41, 5.74) is 0.578. The maximum atomic E-state index is 11.3. The molecule has 1 N–H and O–H groups in total. The molecule has 0 aliphatic heterocycles. The molecule has 0 bridgehead atoms. The number of aliphatic hydroxyl groups excluding tert-OH is 1. The Morgan fingerprint density at radius 1 is 1.60 bits per heavy atom. The van der Waals surface area contributed by atoms with Gasteiger partial charge in [0.25, 0.3) is 0 Å². The smallest absolute Gasteiger partial charge is 0.165 e. The third kappa shape index (κ3) is 2.79. The third-order valence-corrected chi connectivity index (χ3v) is 2.76. The molecule has 4 heteroatoms. The summed E-state index contributed by atoms with van der Waals surface area (Å²) in [5.74, 6) is 0.488. The molecule has 0 amide bonds. The number of hydrogen-bond acceptors (Lipinski definition) is 3. The summed E-state index contributed by atoms with van der Waals surface area (Å²) < 4.78 is 5.78. The largest absolute Gasteiger partial charge is 0.496 e. The molecule has 1 atom stereocenters. The van der Waals surface area contributed by atoms with E-state index in [1.807, 2.05) is 0 Å². The first-order valence-electron chi connectivity index (χ1n) is 4.64. The van der Waals surface area contributed by atoms with Crippen LogP contribution < -0.4 is 4.74 Å². The van der Waals surface area contributed by atoms with Crippen molar-refractivity contribution < 1.29 is 14.6 Å². The van der Waals surface area contributed by atoms with E-state index in [9.17, 15) is 9.90 Å². The summed E-state index contributed by atoms with van der Waals surface area (Å²) in [4.78, 5) is 11.3. The Balaban J connectivity index is 2.97. The predicted octanol–water partition coefficient (Wildman–Crippen LogP) is 2.47. The van der Waals surface area contributed by atoms with Crippen LogP contribution in [0.2, 0.25) is 0 Å². The van der Waals surface area contributed by atoms with Crippen LogP contribution in [0.25, 0.3) is 0 Å². The van der Waals surface area contributed by atoms with Crippen molar-refractivity contribution in [3.05, 3.63) is 28.2 Å². The molecule has 15 heavy (non-hydrogen) atoms. The van der Waals surface area contributed by atoms with E-state index in [1.165, 1.54) is 0 Å². The second-order valence-electron chi connectivity index (χ2n) is 3.12. The van der Waals surface area contributed by atoms with Crippen LogP contribution in [0, 0.1) is 0 Å². The zero-order valence-corrected chi connectivity index (χ0v) is 10.2. The Labute approximate surface area is 97.2 Å². The van der Waals surface area contributed by atoms with Gasteiger partial charge in [0.2, 0.25) is 0 Å². The van der Waals surface area contributed by atoms with E-state index in [0.29, 0.717) is 17.7 Å². The molecule has 0 aromatic heterocycles. The van der Waals surface area contributed by atoms with Crippen LogP contribution in [0.3, 0.4) is 0 Å². The van der Waals surface area contributed by atoms with Crippen molar-refractivity contribution >= 4 is 21.7 Å². The lowest BCUT2D eigenvalue weighted by atomic mass is 10.0. The number of Topliss-reactive ketones (excluding diaryl/α,β-unsaturated/α-hetero) is 1. The van der Waals surface area contributed by atoms with Gasteiger partial charge in [-0.05, 0) is 33.6 Å². The van der Waals surface area contributed by atoms with Gasteiger partial charge in [0.15, 0.2) is 5.78 Å². The van der Waals surface area contributed by atoms with E-state index in [0.717, 1.165) is 4.47 Å². The van der Waals surface area contributed by atoms with Crippen LogP contribution in [0.5, 0.6) is 5.75 Å². The molecular weight excluding hydrogens is 260 g/mol. The molecule has 0 aliphatic rings. The molecule has 0 aliphatic carbocycles. The first kappa shape index (κ1) is 12.2. The Morgan fingerprint density at radius 2 is 2.27 bits per heavy atom. The maximum absolute atomic E-state index is 11.3. The molecule has 1 unspecified atom stereocenters. The van der Waals surface area contributed by atoms with Crippen LogP contribution in [-0.4, -0.2) is 18.0 Å². The molecule has 3 nitrogen and oxygen atoms in total. The number of rotatable bonds is 4. The number of carbonyl (C=O) groups excluding carboxylic acids is 1. The molecule has 1 rings (SSSR count). The highest BCUT2D eigenvalue weighted by Crippen LogP contribution is 2.28. The minimum Gasteiger partial charge on any atom is -0.496 e. The van der Waals surface area contributed by atoms with Gasteiger partial charge >= 0.3 is 0 Å². The van der Waals surface area contributed by atoms with Gasteiger partial charge in [0.05, 0.1) is 11.6 Å². The van der Waals surface area contributed by atoms with E-state index in [1.54, 1.807) is 32.2 Å². The van der Waals surface area contributed by atoms with Crippen molar-refractivity contribution in [3.63, 3.8) is 0 Å². The van der Waals surface area contributed by atoms with Crippen molar-refractivity contribution in [1.29, 1.82) is 0 Å². The van der Waals surface area contributed by atoms with Gasteiger partial charge in [-0.3, -0.25) is 4.79 Å². The average molecular weight is 273 g/mol. The number of halogens is 1. The molecule has 0 saturated heterocycles. The highest BCUT2D eigenvalue weighted by molar-refractivity contribution is 9.10. The Bertz CT molecular complexity index is 363. The van der Waals surface area contributed by atoms with Crippen molar-refractivity contribution in [3.8, 4) is 5.75 Å². The number of aliphatic hydroxyl groups is 1. The fourth-order valence-corrected chi connectivity index (χ4v) is 1.79. The lowest BCUT2D eigenvalue weighted by Gasteiger charge is -2.10. The minimum atomic E-state index is -1.04. The summed E-state index contributed by atoms with van der Waals surface area (Å²) in [7, 11) is 1.56. The molecule has 1 aromatic carbocycles. The van der Waals surface area contributed by atoms with Gasteiger partial charge in [0.1, 0.15) is 11.9 Å². The fraction of sp³-hybridized carbons (Fsp3) is 0.364. The summed E-state index contributed by atoms with van der Waals surface area (Å²) in [6, 6.07) is 5.09. The number of ether oxygens (including phenoxy) is 1. The van der Waals surface area contributed by atoms with Gasteiger partial charge in [-0.25, -0.2) is 0 Å². The summed E-state index contributed by atoms with van der Waals surface area (Å²) in [5, 5.41) is 9.67.